The zero-order valence-electron chi connectivity index (χ0n) is 13.9. The summed E-state index contributed by atoms with van der Waals surface area (Å²) in [6, 6.07) is 6.60. The van der Waals surface area contributed by atoms with E-state index in [9.17, 15) is 9.59 Å². The van der Waals surface area contributed by atoms with Gasteiger partial charge in [-0.05, 0) is 38.5 Å². The Morgan fingerprint density at radius 3 is 2.79 bits per heavy atom. The second-order valence-corrected chi connectivity index (χ2v) is 6.15. The van der Waals surface area contributed by atoms with Crippen molar-refractivity contribution >= 4 is 11.8 Å². The van der Waals surface area contributed by atoms with E-state index in [-0.39, 0.29) is 17.9 Å². The van der Waals surface area contributed by atoms with E-state index >= 15 is 0 Å². The van der Waals surface area contributed by atoms with E-state index < -0.39 is 6.04 Å². The monoisotopic (exact) mass is 328 g/mol. The number of aromatic nitrogens is 2. The molecule has 2 amide bonds. The summed E-state index contributed by atoms with van der Waals surface area (Å²) < 4.78 is 5.38. The van der Waals surface area contributed by atoms with Crippen molar-refractivity contribution in [2.24, 2.45) is 0 Å². The summed E-state index contributed by atoms with van der Waals surface area (Å²) in [7, 11) is 0. The third kappa shape index (κ3) is 3.15. The fourth-order valence-corrected chi connectivity index (χ4v) is 2.80. The van der Waals surface area contributed by atoms with E-state index in [0.717, 1.165) is 0 Å². The maximum absolute atomic E-state index is 12.5. The predicted molar refractivity (Wildman–Crippen MR) is 87.2 cm³/mol. The first-order chi connectivity index (χ1) is 11.5. The number of aryl methyl sites for hydroxylation is 1. The molecular weight excluding hydrogens is 308 g/mol. The van der Waals surface area contributed by atoms with E-state index in [1.807, 2.05) is 13.8 Å². The molecule has 1 aromatic carbocycles. The molecule has 1 saturated heterocycles. The Bertz CT molecular complexity index is 769. The van der Waals surface area contributed by atoms with Gasteiger partial charge < -0.3 is 14.6 Å². The van der Waals surface area contributed by atoms with E-state index in [2.05, 4.69) is 15.5 Å². The molecule has 0 radical (unpaired) electrons. The number of carbonyl (C=O) groups is 2. The van der Waals surface area contributed by atoms with Crippen molar-refractivity contribution in [1.29, 1.82) is 0 Å². The van der Waals surface area contributed by atoms with E-state index in [1.165, 1.54) is 0 Å². The van der Waals surface area contributed by atoms with Crippen molar-refractivity contribution in [2.45, 2.75) is 39.3 Å². The molecule has 1 N–H and O–H groups in total. The summed E-state index contributed by atoms with van der Waals surface area (Å²) in [5.74, 6) is 0.523. The summed E-state index contributed by atoms with van der Waals surface area (Å²) >= 11 is 0. The molecule has 7 nitrogen and oxygen atoms in total. The second kappa shape index (κ2) is 6.43. The van der Waals surface area contributed by atoms with Gasteiger partial charge >= 0.3 is 0 Å². The Balaban J connectivity index is 1.73. The number of benzene rings is 1. The fraction of sp³-hybridized carbons (Fsp3) is 0.412. The van der Waals surface area contributed by atoms with E-state index in [4.69, 9.17) is 4.42 Å². The third-order valence-corrected chi connectivity index (χ3v) is 4.07. The summed E-state index contributed by atoms with van der Waals surface area (Å²) in [5.41, 5.74) is 1.13. The smallest absolute Gasteiger partial charge is 0.251 e. The van der Waals surface area contributed by atoms with Crippen molar-refractivity contribution < 1.29 is 14.0 Å². The van der Waals surface area contributed by atoms with Gasteiger partial charge in [0.1, 0.15) is 6.04 Å². The second-order valence-electron chi connectivity index (χ2n) is 6.15. The number of rotatable bonds is 4. The number of nitrogens with zero attached hydrogens (tertiary/aromatic N) is 3. The summed E-state index contributed by atoms with van der Waals surface area (Å²) in [5, 5.41) is 10.6. The van der Waals surface area contributed by atoms with Crippen LogP contribution in [0.4, 0.5) is 0 Å². The number of likely N-dealkylation sites (tertiary alicyclic amines) is 1. The molecule has 0 unspecified atom stereocenters. The number of hydrogen-bond donors (Lipinski definition) is 1. The van der Waals surface area contributed by atoms with Gasteiger partial charge in [0.2, 0.25) is 17.7 Å². The molecular formula is C17H20N4O3. The molecule has 1 fully saturated rings. The lowest BCUT2D eigenvalue weighted by Gasteiger charge is -2.21. The molecule has 2 aromatic rings. The highest BCUT2D eigenvalue weighted by molar-refractivity contribution is 5.98. The highest BCUT2D eigenvalue weighted by Crippen LogP contribution is 2.20. The molecule has 7 heteroatoms. The Morgan fingerprint density at radius 1 is 1.38 bits per heavy atom. The molecule has 0 saturated carbocycles. The first-order valence-electron chi connectivity index (χ1n) is 7.97. The molecule has 1 aliphatic rings. The van der Waals surface area contributed by atoms with Crippen LogP contribution in [0.25, 0.3) is 11.5 Å². The normalized spacial score (nSPS) is 17.6. The van der Waals surface area contributed by atoms with Gasteiger partial charge in [0.25, 0.3) is 5.91 Å². The van der Waals surface area contributed by atoms with Gasteiger partial charge in [-0.1, -0.05) is 6.07 Å². The van der Waals surface area contributed by atoms with Crippen LogP contribution in [0.5, 0.6) is 0 Å². The lowest BCUT2D eigenvalue weighted by Crippen LogP contribution is -2.43. The van der Waals surface area contributed by atoms with Crippen molar-refractivity contribution in [1.82, 2.24) is 20.4 Å². The van der Waals surface area contributed by atoms with Crippen LogP contribution in [-0.4, -0.2) is 45.5 Å². The maximum atomic E-state index is 12.5. The third-order valence-electron chi connectivity index (χ3n) is 4.07. The van der Waals surface area contributed by atoms with Gasteiger partial charge in [0, 0.05) is 30.6 Å². The first kappa shape index (κ1) is 16.2. The van der Waals surface area contributed by atoms with Gasteiger partial charge in [-0.25, -0.2) is 0 Å². The lowest BCUT2D eigenvalue weighted by atomic mass is 10.1. The average molecular weight is 328 g/mol. The molecule has 0 aliphatic carbocycles. The van der Waals surface area contributed by atoms with Crippen LogP contribution in [0, 0.1) is 6.92 Å². The Morgan fingerprint density at radius 2 is 2.17 bits per heavy atom. The highest BCUT2D eigenvalue weighted by Gasteiger charge is 2.34. The average Bonchev–Trinajstić information content (AvgIpc) is 3.14. The SMILES string of the molecule is Cc1nnc(-c2cccc(C(=O)N[C@@H]3CCN(C(C)C)C3=O)c2)o1. The Hall–Kier alpha value is -2.70. The number of amides is 2. The lowest BCUT2D eigenvalue weighted by molar-refractivity contribution is -0.130. The van der Waals surface area contributed by atoms with Crippen LogP contribution in [-0.2, 0) is 4.79 Å². The van der Waals surface area contributed by atoms with Gasteiger partial charge in [-0.15, -0.1) is 10.2 Å². The van der Waals surface area contributed by atoms with Crippen LogP contribution in [0.2, 0.25) is 0 Å². The van der Waals surface area contributed by atoms with Crippen LogP contribution < -0.4 is 5.32 Å². The maximum Gasteiger partial charge on any atom is 0.251 e. The minimum Gasteiger partial charge on any atom is -0.421 e. The Labute approximate surface area is 140 Å². The molecule has 0 spiro atoms. The standard InChI is InChI=1S/C17H20N4O3/c1-10(2)21-8-7-14(17(21)23)18-15(22)12-5-4-6-13(9-12)16-20-19-11(3)24-16/h4-6,9-10,14H,7-8H2,1-3H3,(H,18,22)/t14-/m1/s1. The topological polar surface area (TPSA) is 88.3 Å². The van der Waals surface area contributed by atoms with Crippen LogP contribution in [0.15, 0.2) is 28.7 Å². The largest absolute Gasteiger partial charge is 0.421 e. The van der Waals surface area contributed by atoms with Crippen molar-refractivity contribution in [3.63, 3.8) is 0 Å². The van der Waals surface area contributed by atoms with Crippen LogP contribution in [0.1, 0.15) is 36.5 Å². The van der Waals surface area contributed by atoms with Gasteiger partial charge in [-0.2, -0.15) is 0 Å². The summed E-state index contributed by atoms with van der Waals surface area (Å²) in [4.78, 5) is 26.5. The van der Waals surface area contributed by atoms with Gasteiger partial charge in [0.15, 0.2) is 0 Å². The number of carbonyl (C=O) groups excluding carboxylic acids is 2. The fourth-order valence-electron chi connectivity index (χ4n) is 2.80. The zero-order valence-corrected chi connectivity index (χ0v) is 13.9. The molecule has 1 aromatic heterocycles. The molecule has 126 valence electrons. The van der Waals surface area contributed by atoms with Crippen LogP contribution in [0.3, 0.4) is 0 Å². The zero-order chi connectivity index (χ0) is 17.3. The minimum absolute atomic E-state index is 0.0259. The predicted octanol–water partition coefficient (Wildman–Crippen LogP) is 1.78. The molecule has 1 atom stereocenters. The molecule has 3 rings (SSSR count). The van der Waals surface area contributed by atoms with E-state index in [1.54, 1.807) is 36.1 Å². The van der Waals surface area contributed by atoms with Gasteiger partial charge in [-0.3, -0.25) is 9.59 Å². The van der Waals surface area contributed by atoms with Crippen molar-refractivity contribution in [2.75, 3.05) is 6.54 Å². The quantitative estimate of drug-likeness (QED) is 0.924. The van der Waals surface area contributed by atoms with Crippen molar-refractivity contribution in [3.05, 3.63) is 35.7 Å². The first-order valence-corrected chi connectivity index (χ1v) is 7.97. The highest BCUT2D eigenvalue weighted by atomic mass is 16.4. The number of hydrogen-bond acceptors (Lipinski definition) is 5. The summed E-state index contributed by atoms with van der Waals surface area (Å²) in [6.07, 6.45) is 0.630. The van der Waals surface area contributed by atoms with Crippen LogP contribution >= 0.6 is 0 Å². The summed E-state index contributed by atoms with van der Waals surface area (Å²) in [6.45, 7) is 6.32. The minimum atomic E-state index is -0.464. The molecule has 24 heavy (non-hydrogen) atoms. The van der Waals surface area contributed by atoms with Gasteiger partial charge in [0.05, 0.1) is 0 Å². The molecule has 0 bridgehead atoms. The molecule has 2 heterocycles. The number of nitrogens with one attached hydrogen (secondary N) is 1. The van der Waals surface area contributed by atoms with Crippen molar-refractivity contribution in [3.8, 4) is 11.5 Å². The Kier molecular flexibility index (Phi) is 4.33. The molecule has 1 aliphatic heterocycles. The van der Waals surface area contributed by atoms with E-state index in [0.29, 0.717) is 35.9 Å².